The fraction of sp³-hybridized carbons (Fsp3) is 0.483. The molecule has 0 aromatic heterocycles. The van der Waals surface area contributed by atoms with E-state index in [9.17, 15) is 14.4 Å². The van der Waals surface area contributed by atoms with Crippen LogP contribution in [-0.2, 0) is 19.0 Å². The second-order valence-corrected chi connectivity index (χ2v) is 12.9. The fourth-order valence-electron chi connectivity index (χ4n) is 3.76. The molecule has 0 radical (unpaired) electrons. The topological polar surface area (TPSA) is 94.2 Å². The molecule has 0 saturated carbocycles. The predicted molar refractivity (Wildman–Crippen MR) is 148 cm³/mol. The van der Waals surface area contributed by atoms with Gasteiger partial charge >= 0.3 is 12.2 Å². The number of nitrogens with one attached hydrogen (secondary N) is 1. The van der Waals surface area contributed by atoms with Crippen molar-refractivity contribution in [2.75, 3.05) is 12.3 Å². The predicted octanol–water partition coefficient (Wildman–Crippen LogP) is 6.49. The number of carbonyl (C=O) groups excluding carboxylic acids is 3. The van der Waals surface area contributed by atoms with Crippen LogP contribution >= 0.6 is 11.8 Å². The second-order valence-electron chi connectivity index (χ2n) is 11.4. The van der Waals surface area contributed by atoms with Crippen molar-refractivity contribution in [2.45, 2.75) is 76.9 Å². The zero-order chi connectivity index (χ0) is 28.1. The van der Waals surface area contributed by atoms with Crippen LogP contribution < -0.4 is 10.1 Å². The largest absolute Gasteiger partial charge is 0.457 e. The Morgan fingerprint density at radius 3 is 1.97 bits per heavy atom. The number of imide groups is 1. The second kappa shape index (κ2) is 11.7. The minimum absolute atomic E-state index is 0.0595. The molecular formula is C29H38N2O6S. The van der Waals surface area contributed by atoms with Gasteiger partial charge in [-0.25, -0.2) is 14.5 Å². The van der Waals surface area contributed by atoms with E-state index in [1.165, 1.54) is 11.8 Å². The summed E-state index contributed by atoms with van der Waals surface area (Å²) in [6.07, 6.45) is -1.06. The lowest BCUT2D eigenvalue weighted by Crippen LogP contribution is -2.52. The number of thioether (sulfide) groups is 1. The van der Waals surface area contributed by atoms with E-state index in [2.05, 4.69) is 5.32 Å². The summed E-state index contributed by atoms with van der Waals surface area (Å²) in [7, 11) is 0. The van der Waals surface area contributed by atoms with Gasteiger partial charge in [0.15, 0.2) is 0 Å². The minimum atomic E-state index is -0.858. The molecule has 0 aliphatic carbocycles. The van der Waals surface area contributed by atoms with Gasteiger partial charge in [0, 0.05) is 6.04 Å². The number of para-hydroxylation sites is 1. The van der Waals surface area contributed by atoms with Gasteiger partial charge in [-0.3, -0.25) is 4.79 Å². The van der Waals surface area contributed by atoms with Crippen LogP contribution in [0.25, 0.3) is 0 Å². The van der Waals surface area contributed by atoms with Crippen LogP contribution in [0, 0.1) is 0 Å². The van der Waals surface area contributed by atoms with E-state index >= 15 is 0 Å². The molecule has 1 aliphatic rings. The molecule has 0 unspecified atom stereocenters. The standard InChI is InChI=1S/C29H38N2O6S/c1-27(2,3)36-25(33)31(26(34)37-28(4,5)6)19-21-17-18-38-29(7,24(32)30-21)20-13-15-23(16-14-20)35-22-11-9-8-10-12-22/h8-16,21H,17-19H2,1-7H3,(H,30,32)/t21-,29+/m0/s1. The number of carbonyl (C=O) groups is 3. The van der Waals surface area contributed by atoms with Crippen LogP contribution in [0.15, 0.2) is 54.6 Å². The van der Waals surface area contributed by atoms with Crippen molar-refractivity contribution in [1.29, 1.82) is 0 Å². The van der Waals surface area contributed by atoms with Crippen molar-refractivity contribution in [3.05, 3.63) is 60.2 Å². The number of amides is 3. The molecule has 1 saturated heterocycles. The Morgan fingerprint density at radius 2 is 1.45 bits per heavy atom. The summed E-state index contributed by atoms with van der Waals surface area (Å²) in [5.41, 5.74) is -0.763. The molecule has 0 spiro atoms. The van der Waals surface area contributed by atoms with Crippen LogP contribution in [0.1, 0.15) is 60.5 Å². The van der Waals surface area contributed by atoms with Crippen molar-refractivity contribution in [3.63, 3.8) is 0 Å². The number of rotatable bonds is 5. The average Bonchev–Trinajstić information content (AvgIpc) is 2.94. The van der Waals surface area contributed by atoms with Crippen LogP contribution in [0.2, 0.25) is 0 Å². The Hall–Kier alpha value is -3.20. The zero-order valence-corrected chi connectivity index (χ0v) is 24.0. The molecule has 0 bridgehead atoms. The van der Waals surface area contributed by atoms with Gasteiger partial charge in [-0.1, -0.05) is 30.3 Å². The lowest BCUT2D eigenvalue weighted by molar-refractivity contribution is -0.124. The van der Waals surface area contributed by atoms with E-state index < -0.39 is 34.2 Å². The van der Waals surface area contributed by atoms with E-state index in [0.717, 1.165) is 16.2 Å². The maximum absolute atomic E-state index is 13.5. The van der Waals surface area contributed by atoms with E-state index in [0.29, 0.717) is 17.9 Å². The fourth-order valence-corrected chi connectivity index (χ4v) is 5.06. The van der Waals surface area contributed by atoms with Gasteiger partial charge in [0.1, 0.15) is 27.4 Å². The minimum Gasteiger partial charge on any atom is -0.457 e. The van der Waals surface area contributed by atoms with Crippen molar-refractivity contribution in [1.82, 2.24) is 10.2 Å². The Labute approximate surface area is 229 Å². The third-order valence-electron chi connectivity index (χ3n) is 5.64. The Balaban J connectivity index is 1.74. The van der Waals surface area contributed by atoms with E-state index in [4.69, 9.17) is 14.2 Å². The molecule has 206 valence electrons. The molecule has 2 atom stereocenters. The molecule has 1 aliphatic heterocycles. The summed E-state index contributed by atoms with van der Waals surface area (Å²) in [5.74, 6) is 1.84. The van der Waals surface area contributed by atoms with E-state index in [-0.39, 0.29) is 12.5 Å². The summed E-state index contributed by atoms with van der Waals surface area (Å²) in [6.45, 7) is 12.2. The Morgan fingerprint density at radius 1 is 0.921 bits per heavy atom. The summed E-state index contributed by atoms with van der Waals surface area (Å²) in [4.78, 5) is 40.2. The molecule has 9 heteroatoms. The maximum Gasteiger partial charge on any atom is 0.419 e. The smallest absolute Gasteiger partial charge is 0.419 e. The van der Waals surface area contributed by atoms with Gasteiger partial charge in [0.2, 0.25) is 5.91 Å². The van der Waals surface area contributed by atoms with E-state index in [1.807, 2.05) is 61.5 Å². The van der Waals surface area contributed by atoms with Gasteiger partial charge in [-0.2, -0.15) is 0 Å². The SMILES string of the molecule is CC(C)(C)OC(=O)N(C[C@@H]1CCS[C@](C)(c2ccc(Oc3ccccc3)cc2)C(=O)N1)C(=O)OC(C)(C)C. The molecule has 1 N–H and O–H groups in total. The zero-order valence-electron chi connectivity index (χ0n) is 23.2. The monoisotopic (exact) mass is 542 g/mol. The number of benzene rings is 2. The first-order valence-corrected chi connectivity index (χ1v) is 13.7. The molecule has 3 amide bonds. The summed E-state index contributed by atoms with van der Waals surface area (Å²) in [6, 6.07) is 16.5. The van der Waals surface area contributed by atoms with Crippen molar-refractivity contribution < 1.29 is 28.6 Å². The maximum atomic E-state index is 13.5. The van der Waals surface area contributed by atoms with Crippen molar-refractivity contribution in [2.24, 2.45) is 0 Å². The Bertz CT molecular complexity index is 1100. The highest BCUT2D eigenvalue weighted by atomic mass is 32.2. The van der Waals surface area contributed by atoms with Gasteiger partial charge in [-0.15, -0.1) is 11.8 Å². The number of hydrogen-bond acceptors (Lipinski definition) is 7. The number of ether oxygens (including phenoxy) is 3. The lowest BCUT2D eigenvalue weighted by atomic mass is 9.98. The van der Waals surface area contributed by atoms with Crippen LogP contribution in [0.3, 0.4) is 0 Å². The molecule has 8 nitrogen and oxygen atoms in total. The molecule has 2 aromatic carbocycles. The first-order valence-electron chi connectivity index (χ1n) is 12.7. The van der Waals surface area contributed by atoms with Gasteiger partial charge < -0.3 is 19.5 Å². The normalized spacial score (nSPS) is 20.1. The third kappa shape index (κ3) is 8.15. The Kier molecular flexibility index (Phi) is 9.02. The quantitative estimate of drug-likeness (QED) is 0.462. The molecule has 1 heterocycles. The first kappa shape index (κ1) is 29.4. The molecular weight excluding hydrogens is 504 g/mol. The van der Waals surface area contributed by atoms with Crippen LogP contribution in [0.5, 0.6) is 11.5 Å². The van der Waals surface area contributed by atoms with Crippen molar-refractivity contribution >= 4 is 29.9 Å². The van der Waals surface area contributed by atoms with E-state index in [1.54, 1.807) is 41.5 Å². The molecule has 1 fully saturated rings. The first-order chi connectivity index (χ1) is 17.7. The third-order valence-corrected chi connectivity index (χ3v) is 7.08. The molecule has 38 heavy (non-hydrogen) atoms. The van der Waals surface area contributed by atoms with Gasteiger partial charge in [-0.05, 0) is 90.5 Å². The lowest BCUT2D eigenvalue weighted by Gasteiger charge is -2.31. The van der Waals surface area contributed by atoms with Gasteiger partial charge in [0.25, 0.3) is 0 Å². The van der Waals surface area contributed by atoms with Crippen LogP contribution in [-0.4, -0.2) is 52.5 Å². The highest BCUT2D eigenvalue weighted by Gasteiger charge is 2.41. The molecule has 2 aromatic rings. The molecule has 3 rings (SSSR count). The summed E-state index contributed by atoms with van der Waals surface area (Å²) >= 11 is 1.52. The average molecular weight is 543 g/mol. The summed E-state index contributed by atoms with van der Waals surface area (Å²) < 4.78 is 15.9. The van der Waals surface area contributed by atoms with Crippen molar-refractivity contribution in [3.8, 4) is 11.5 Å². The number of nitrogens with zero attached hydrogens (tertiary/aromatic N) is 1. The van der Waals surface area contributed by atoms with Gasteiger partial charge in [0.05, 0.1) is 6.54 Å². The highest BCUT2D eigenvalue weighted by molar-refractivity contribution is 8.00. The summed E-state index contributed by atoms with van der Waals surface area (Å²) in [5, 5.41) is 3.04. The highest BCUT2D eigenvalue weighted by Crippen LogP contribution is 2.40. The number of hydrogen-bond donors (Lipinski definition) is 1. The van der Waals surface area contributed by atoms with Crippen LogP contribution in [0.4, 0.5) is 9.59 Å².